The van der Waals surface area contributed by atoms with Gasteiger partial charge in [-0.05, 0) is 37.1 Å². The lowest BCUT2D eigenvalue weighted by Gasteiger charge is -2.22. The van der Waals surface area contributed by atoms with E-state index in [1.165, 1.54) is 5.56 Å². The van der Waals surface area contributed by atoms with Crippen LogP contribution in [0.1, 0.15) is 28.4 Å². The van der Waals surface area contributed by atoms with Gasteiger partial charge in [0.2, 0.25) is 0 Å². The van der Waals surface area contributed by atoms with Crippen LogP contribution in [0.3, 0.4) is 0 Å². The summed E-state index contributed by atoms with van der Waals surface area (Å²) in [4.78, 5) is 18.2. The first-order valence-corrected chi connectivity index (χ1v) is 6.95. The summed E-state index contributed by atoms with van der Waals surface area (Å²) < 4.78 is 0. The molecule has 2 rings (SSSR count). The smallest absolute Gasteiger partial charge is 0.257 e. The SMILES string of the molecule is CCN(Cc1ccccc1C)C(=O)c1cccnc1Cl. The van der Waals surface area contributed by atoms with Gasteiger partial charge in [0, 0.05) is 19.3 Å². The zero-order chi connectivity index (χ0) is 14.5. The van der Waals surface area contributed by atoms with E-state index >= 15 is 0 Å². The van der Waals surface area contributed by atoms with Crippen LogP contribution in [0.2, 0.25) is 5.15 Å². The van der Waals surface area contributed by atoms with E-state index in [0.29, 0.717) is 18.7 Å². The highest BCUT2D eigenvalue weighted by atomic mass is 35.5. The van der Waals surface area contributed by atoms with Crippen molar-refractivity contribution >= 4 is 17.5 Å². The van der Waals surface area contributed by atoms with Crippen molar-refractivity contribution in [2.45, 2.75) is 20.4 Å². The van der Waals surface area contributed by atoms with Gasteiger partial charge in [0.05, 0.1) is 5.56 Å². The van der Waals surface area contributed by atoms with Gasteiger partial charge in [-0.3, -0.25) is 4.79 Å². The van der Waals surface area contributed by atoms with Crippen LogP contribution in [0, 0.1) is 6.92 Å². The Labute approximate surface area is 124 Å². The molecule has 1 aromatic carbocycles. The van der Waals surface area contributed by atoms with Crippen molar-refractivity contribution in [2.24, 2.45) is 0 Å². The largest absolute Gasteiger partial charge is 0.334 e. The minimum atomic E-state index is -0.0890. The molecule has 0 aliphatic rings. The minimum Gasteiger partial charge on any atom is -0.334 e. The zero-order valence-electron chi connectivity index (χ0n) is 11.6. The lowest BCUT2D eigenvalue weighted by molar-refractivity contribution is 0.0752. The third-order valence-corrected chi connectivity index (χ3v) is 3.58. The number of nitrogens with zero attached hydrogens (tertiary/aromatic N) is 2. The molecule has 3 nitrogen and oxygen atoms in total. The van der Waals surface area contributed by atoms with Crippen molar-refractivity contribution in [3.63, 3.8) is 0 Å². The van der Waals surface area contributed by atoms with Crippen LogP contribution >= 0.6 is 11.6 Å². The van der Waals surface area contributed by atoms with E-state index in [1.807, 2.05) is 38.1 Å². The van der Waals surface area contributed by atoms with E-state index in [-0.39, 0.29) is 11.1 Å². The van der Waals surface area contributed by atoms with Crippen LogP contribution in [0.25, 0.3) is 0 Å². The molecule has 1 heterocycles. The summed E-state index contributed by atoms with van der Waals surface area (Å²) in [5.41, 5.74) is 2.77. The van der Waals surface area contributed by atoms with Gasteiger partial charge in [0.25, 0.3) is 5.91 Å². The Morgan fingerprint density at radius 2 is 2.00 bits per heavy atom. The van der Waals surface area contributed by atoms with Crippen molar-refractivity contribution in [1.82, 2.24) is 9.88 Å². The summed E-state index contributed by atoms with van der Waals surface area (Å²) in [7, 11) is 0. The molecule has 0 spiro atoms. The summed E-state index contributed by atoms with van der Waals surface area (Å²) in [5, 5.41) is 0.251. The van der Waals surface area contributed by atoms with Crippen LogP contribution in [-0.4, -0.2) is 22.3 Å². The average Bonchev–Trinajstić information content (AvgIpc) is 2.46. The maximum absolute atomic E-state index is 12.5. The van der Waals surface area contributed by atoms with E-state index in [1.54, 1.807) is 23.2 Å². The highest BCUT2D eigenvalue weighted by Crippen LogP contribution is 2.17. The van der Waals surface area contributed by atoms with Gasteiger partial charge in [-0.15, -0.1) is 0 Å². The summed E-state index contributed by atoms with van der Waals surface area (Å²) in [5.74, 6) is -0.0890. The second-order valence-corrected chi connectivity index (χ2v) is 4.95. The Balaban J connectivity index is 2.23. The number of aromatic nitrogens is 1. The summed E-state index contributed by atoms with van der Waals surface area (Å²) in [6, 6.07) is 11.5. The number of halogens is 1. The Bertz CT molecular complexity index is 613. The number of amides is 1. The Hall–Kier alpha value is -1.87. The van der Waals surface area contributed by atoms with Gasteiger partial charge in [0.1, 0.15) is 5.15 Å². The molecule has 0 bridgehead atoms. The van der Waals surface area contributed by atoms with Crippen LogP contribution in [0.15, 0.2) is 42.6 Å². The number of carbonyl (C=O) groups is 1. The second kappa shape index (κ2) is 6.53. The molecule has 20 heavy (non-hydrogen) atoms. The predicted octanol–water partition coefficient (Wildman–Crippen LogP) is 3.71. The maximum Gasteiger partial charge on any atom is 0.257 e. The molecule has 0 aliphatic heterocycles. The molecule has 0 saturated heterocycles. The lowest BCUT2D eigenvalue weighted by atomic mass is 10.1. The molecule has 4 heteroatoms. The van der Waals surface area contributed by atoms with Crippen molar-refractivity contribution in [2.75, 3.05) is 6.54 Å². The summed E-state index contributed by atoms with van der Waals surface area (Å²) in [6.07, 6.45) is 1.58. The normalized spacial score (nSPS) is 10.3. The topological polar surface area (TPSA) is 33.2 Å². The molecule has 0 radical (unpaired) electrons. The average molecular weight is 289 g/mol. The monoisotopic (exact) mass is 288 g/mol. The number of benzene rings is 1. The van der Waals surface area contributed by atoms with Crippen LogP contribution in [0.5, 0.6) is 0 Å². The van der Waals surface area contributed by atoms with Crippen molar-refractivity contribution < 1.29 is 4.79 Å². The second-order valence-electron chi connectivity index (χ2n) is 4.59. The number of hydrogen-bond donors (Lipinski definition) is 0. The molecular weight excluding hydrogens is 272 g/mol. The molecular formula is C16H17ClN2O. The third-order valence-electron chi connectivity index (χ3n) is 3.28. The van der Waals surface area contributed by atoms with E-state index in [9.17, 15) is 4.79 Å². The standard InChI is InChI=1S/C16H17ClN2O/c1-3-19(11-13-8-5-4-7-12(13)2)16(20)14-9-6-10-18-15(14)17/h4-10H,3,11H2,1-2H3. The Morgan fingerprint density at radius 1 is 1.25 bits per heavy atom. The number of hydrogen-bond acceptors (Lipinski definition) is 2. The maximum atomic E-state index is 12.5. The molecule has 0 unspecified atom stereocenters. The summed E-state index contributed by atoms with van der Waals surface area (Å²) >= 11 is 6.00. The molecule has 2 aromatic rings. The zero-order valence-corrected chi connectivity index (χ0v) is 12.4. The molecule has 0 aliphatic carbocycles. The van der Waals surface area contributed by atoms with Crippen LogP contribution < -0.4 is 0 Å². The molecule has 104 valence electrons. The minimum absolute atomic E-state index is 0.0890. The summed E-state index contributed by atoms with van der Waals surface area (Å²) in [6.45, 7) is 5.21. The first-order chi connectivity index (χ1) is 9.63. The third kappa shape index (κ3) is 3.17. The molecule has 1 amide bonds. The predicted molar refractivity (Wildman–Crippen MR) is 80.8 cm³/mol. The van der Waals surface area contributed by atoms with Crippen molar-refractivity contribution in [3.05, 3.63) is 64.4 Å². The first kappa shape index (κ1) is 14.5. The molecule has 0 atom stereocenters. The molecule has 0 N–H and O–H groups in total. The van der Waals surface area contributed by atoms with E-state index in [2.05, 4.69) is 4.98 Å². The molecule has 0 saturated carbocycles. The number of carbonyl (C=O) groups excluding carboxylic acids is 1. The Kier molecular flexibility index (Phi) is 4.74. The molecule has 1 aromatic heterocycles. The van der Waals surface area contributed by atoms with Gasteiger partial charge in [-0.2, -0.15) is 0 Å². The Morgan fingerprint density at radius 3 is 2.65 bits per heavy atom. The fourth-order valence-electron chi connectivity index (χ4n) is 2.04. The van der Waals surface area contributed by atoms with Gasteiger partial charge in [-0.1, -0.05) is 35.9 Å². The van der Waals surface area contributed by atoms with Gasteiger partial charge < -0.3 is 4.90 Å². The van der Waals surface area contributed by atoms with Gasteiger partial charge in [-0.25, -0.2) is 4.98 Å². The number of aryl methyl sites for hydroxylation is 1. The van der Waals surface area contributed by atoms with Crippen molar-refractivity contribution in [3.8, 4) is 0 Å². The van der Waals surface area contributed by atoms with Crippen LogP contribution in [-0.2, 0) is 6.54 Å². The molecule has 0 fully saturated rings. The number of pyridine rings is 1. The highest BCUT2D eigenvalue weighted by Gasteiger charge is 2.18. The van der Waals surface area contributed by atoms with Gasteiger partial charge >= 0.3 is 0 Å². The number of rotatable bonds is 4. The van der Waals surface area contributed by atoms with E-state index in [4.69, 9.17) is 11.6 Å². The van der Waals surface area contributed by atoms with E-state index < -0.39 is 0 Å². The highest BCUT2D eigenvalue weighted by molar-refractivity contribution is 6.32. The van der Waals surface area contributed by atoms with Crippen molar-refractivity contribution in [1.29, 1.82) is 0 Å². The quantitative estimate of drug-likeness (QED) is 0.804. The van der Waals surface area contributed by atoms with E-state index in [0.717, 1.165) is 5.56 Å². The van der Waals surface area contributed by atoms with Crippen LogP contribution in [0.4, 0.5) is 0 Å². The fourth-order valence-corrected chi connectivity index (χ4v) is 2.24. The van der Waals surface area contributed by atoms with Gasteiger partial charge in [0.15, 0.2) is 0 Å². The lowest BCUT2D eigenvalue weighted by Crippen LogP contribution is -2.30. The first-order valence-electron chi connectivity index (χ1n) is 6.57. The fraction of sp³-hybridized carbons (Fsp3) is 0.250.